The van der Waals surface area contributed by atoms with Gasteiger partial charge in [0.15, 0.2) is 17.2 Å². The van der Waals surface area contributed by atoms with E-state index in [1.807, 2.05) is 6.92 Å². The number of hydrogen-bond donors (Lipinski definition) is 1. The Labute approximate surface area is 188 Å². The molecule has 1 amide bonds. The van der Waals surface area contributed by atoms with E-state index in [0.29, 0.717) is 46.0 Å². The molecule has 7 nitrogen and oxygen atoms in total. The summed E-state index contributed by atoms with van der Waals surface area (Å²) in [7, 11) is 0. The number of esters is 1. The molecule has 1 N–H and O–H groups in total. The van der Waals surface area contributed by atoms with E-state index in [2.05, 4.69) is 32.8 Å². The number of benzene rings is 2. The molecule has 8 heteroatoms. The van der Waals surface area contributed by atoms with E-state index in [1.165, 1.54) is 6.92 Å². The van der Waals surface area contributed by atoms with Crippen LogP contribution >= 0.6 is 15.9 Å². The molecule has 160 valence electrons. The molecule has 1 heterocycles. The molecule has 0 fully saturated rings. The summed E-state index contributed by atoms with van der Waals surface area (Å²) < 4.78 is 17.3. The van der Waals surface area contributed by atoms with Crippen molar-refractivity contribution in [1.82, 2.24) is 0 Å². The van der Waals surface area contributed by atoms with E-state index >= 15 is 0 Å². The zero-order valence-electron chi connectivity index (χ0n) is 17.1. The number of carbonyl (C=O) groups is 2. The second-order valence-corrected chi connectivity index (χ2v) is 7.31. The van der Waals surface area contributed by atoms with Crippen LogP contribution in [0.5, 0.6) is 11.5 Å². The van der Waals surface area contributed by atoms with Crippen LogP contribution in [0.3, 0.4) is 0 Å². The minimum Gasteiger partial charge on any atom is -0.490 e. The van der Waals surface area contributed by atoms with Gasteiger partial charge in [0.1, 0.15) is 6.61 Å². The van der Waals surface area contributed by atoms with Crippen LogP contribution in [-0.4, -0.2) is 31.0 Å². The van der Waals surface area contributed by atoms with E-state index in [9.17, 15) is 9.59 Å². The van der Waals surface area contributed by atoms with Crippen molar-refractivity contribution in [1.29, 1.82) is 0 Å². The summed E-state index contributed by atoms with van der Waals surface area (Å²) in [6.45, 7) is 7.74. The lowest BCUT2D eigenvalue weighted by atomic mass is 10.1. The summed E-state index contributed by atoms with van der Waals surface area (Å²) >= 11 is 3.48. The smallest absolute Gasteiger partial charge is 0.363 e. The molecule has 0 unspecified atom stereocenters. The van der Waals surface area contributed by atoms with Crippen LogP contribution in [0.15, 0.2) is 64.2 Å². The molecule has 2 aromatic rings. The maximum Gasteiger partial charge on any atom is 0.363 e. The number of halogens is 1. The van der Waals surface area contributed by atoms with E-state index in [1.54, 1.807) is 48.6 Å². The van der Waals surface area contributed by atoms with Crippen LogP contribution < -0.4 is 14.8 Å². The number of ether oxygens (including phenoxy) is 3. The van der Waals surface area contributed by atoms with Crippen molar-refractivity contribution in [3.05, 3.63) is 70.3 Å². The highest BCUT2D eigenvalue weighted by molar-refractivity contribution is 9.10. The second-order valence-electron chi connectivity index (χ2n) is 6.46. The van der Waals surface area contributed by atoms with Crippen LogP contribution in [0.1, 0.15) is 25.0 Å². The Morgan fingerprint density at radius 3 is 2.65 bits per heavy atom. The monoisotopic (exact) mass is 484 g/mol. The summed E-state index contributed by atoms with van der Waals surface area (Å²) in [5.74, 6) is 0.569. The summed E-state index contributed by atoms with van der Waals surface area (Å²) in [6, 6.07) is 10.4. The first kappa shape index (κ1) is 22.3. The van der Waals surface area contributed by atoms with Gasteiger partial charge >= 0.3 is 5.97 Å². The van der Waals surface area contributed by atoms with Crippen molar-refractivity contribution in [3.63, 3.8) is 0 Å². The van der Waals surface area contributed by atoms with Gasteiger partial charge in [0.05, 0.1) is 11.1 Å². The molecule has 0 saturated heterocycles. The predicted octanol–water partition coefficient (Wildman–Crippen LogP) is 4.72. The molecule has 0 bridgehead atoms. The molecule has 3 rings (SSSR count). The molecular weight excluding hydrogens is 464 g/mol. The van der Waals surface area contributed by atoms with Gasteiger partial charge in [-0.1, -0.05) is 12.7 Å². The molecule has 31 heavy (non-hydrogen) atoms. The normalized spacial score (nSPS) is 14.1. The maximum absolute atomic E-state index is 12.3. The number of rotatable bonds is 8. The van der Waals surface area contributed by atoms with Gasteiger partial charge in [-0.15, -0.1) is 0 Å². The number of nitrogens with one attached hydrogen (secondary N) is 1. The third-order valence-corrected chi connectivity index (χ3v) is 4.64. The Hall–Kier alpha value is -3.39. The number of amides is 1. The summed E-state index contributed by atoms with van der Waals surface area (Å²) in [6.07, 6.45) is 3.26. The Morgan fingerprint density at radius 2 is 2.00 bits per heavy atom. The SMILES string of the molecule is C=CCOc1c(Br)cc(/C=C2\N=C(c3ccc(NC(C)=O)cc3)OC2=O)cc1OCC. The highest BCUT2D eigenvalue weighted by Crippen LogP contribution is 2.38. The molecule has 0 aliphatic carbocycles. The standard InChI is InChI=1S/C23H21BrN2O5/c1-4-10-30-21-18(24)11-15(13-20(21)29-5-2)12-19-23(28)31-22(26-19)16-6-8-17(9-7-16)25-14(3)27/h4,6-9,11-13H,1,5,10H2,2-3H3,(H,25,27)/b19-12-. The highest BCUT2D eigenvalue weighted by atomic mass is 79.9. The minimum atomic E-state index is -0.554. The van der Waals surface area contributed by atoms with Gasteiger partial charge in [0.2, 0.25) is 11.8 Å². The number of cyclic esters (lactones) is 1. The summed E-state index contributed by atoms with van der Waals surface area (Å²) in [5.41, 5.74) is 2.12. The lowest BCUT2D eigenvalue weighted by molar-refractivity contribution is -0.129. The fourth-order valence-electron chi connectivity index (χ4n) is 2.81. The van der Waals surface area contributed by atoms with Crippen molar-refractivity contribution in [2.24, 2.45) is 4.99 Å². The van der Waals surface area contributed by atoms with E-state index in [0.717, 1.165) is 0 Å². The largest absolute Gasteiger partial charge is 0.490 e. The summed E-state index contributed by atoms with van der Waals surface area (Å²) in [5, 5.41) is 2.68. The van der Waals surface area contributed by atoms with Gasteiger partial charge in [0.25, 0.3) is 0 Å². The zero-order chi connectivity index (χ0) is 22.4. The van der Waals surface area contributed by atoms with Gasteiger partial charge in [-0.2, -0.15) is 0 Å². The van der Waals surface area contributed by atoms with Crippen molar-refractivity contribution >= 4 is 45.5 Å². The number of nitrogens with zero attached hydrogens (tertiary/aromatic N) is 1. The van der Waals surface area contributed by atoms with Crippen molar-refractivity contribution in [3.8, 4) is 11.5 Å². The van der Waals surface area contributed by atoms with Gasteiger partial charge in [-0.25, -0.2) is 9.79 Å². The van der Waals surface area contributed by atoms with E-state index < -0.39 is 5.97 Å². The Morgan fingerprint density at radius 1 is 1.26 bits per heavy atom. The Kier molecular flexibility index (Phi) is 7.25. The molecule has 1 aliphatic heterocycles. The van der Waals surface area contributed by atoms with Crippen LogP contribution in [0.4, 0.5) is 5.69 Å². The lowest BCUT2D eigenvalue weighted by Gasteiger charge is -2.13. The molecule has 1 aliphatic rings. The summed E-state index contributed by atoms with van der Waals surface area (Å²) in [4.78, 5) is 27.8. The first-order valence-corrected chi connectivity index (χ1v) is 10.3. The highest BCUT2D eigenvalue weighted by Gasteiger charge is 2.24. The number of aliphatic imine (C=N–C) groups is 1. The quantitative estimate of drug-likeness (QED) is 0.333. The number of anilines is 1. The van der Waals surface area contributed by atoms with Gasteiger partial charge in [-0.3, -0.25) is 4.79 Å². The van der Waals surface area contributed by atoms with Crippen LogP contribution in [0.25, 0.3) is 6.08 Å². The Balaban J connectivity index is 1.89. The average Bonchev–Trinajstić information content (AvgIpc) is 3.08. The molecule has 0 radical (unpaired) electrons. The lowest BCUT2D eigenvalue weighted by Crippen LogP contribution is -2.07. The fraction of sp³-hybridized carbons (Fsp3) is 0.174. The molecule has 2 aromatic carbocycles. The van der Waals surface area contributed by atoms with E-state index in [-0.39, 0.29) is 17.5 Å². The first-order chi connectivity index (χ1) is 14.9. The van der Waals surface area contributed by atoms with E-state index in [4.69, 9.17) is 14.2 Å². The topological polar surface area (TPSA) is 86.2 Å². The van der Waals surface area contributed by atoms with Crippen molar-refractivity contribution < 1.29 is 23.8 Å². The number of hydrogen-bond acceptors (Lipinski definition) is 6. The Bertz CT molecular complexity index is 1070. The third kappa shape index (κ3) is 5.61. The number of carbonyl (C=O) groups excluding carboxylic acids is 2. The predicted molar refractivity (Wildman–Crippen MR) is 122 cm³/mol. The van der Waals surface area contributed by atoms with Gasteiger partial charge in [0, 0.05) is 18.2 Å². The fourth-order valence-corrected chi connectivity index (χ4v) is 3.38. The van der Waals surface area contributed by atoms with Crippen LogP contribution in [0, 0.1) is 0 Å². The van der Waals surface area contributed by atoms with Crippen LogP contribution in [-0.2, 0) is 14.3 Å². The van der Waals surface area contributed by atoms with Crippen molar-refractivity contribution in [2.75, 3.05) is 18.5 Å². The molecular formula is C23H21BrN2O5. The molecule has 0 atom stereocenters. The van der Waals surface area contributed by atoms with Crippen molar-refractivity contribution in [2.45, 2.75) is 13.8 Å². The first-order valence-electron chi connectivity index (χ1n) is 9.52. The molecule has 0 spiro atoms. The second kappa shape index (κ2) is 10.1. The maximum atomic E-state index is 12.3. The third-order valence-electron chi connectivity index (χ3n) is 4.05. The molecule has 0 saturated carbocycles. The molecule has 0 aromatic heterocycles. The van der Waals surface area contributed by atoms with Gasteiger partial charge in [-0.05, 0) is 70.9 Å². The van der Waals surface area contributed by atoms with Crippen LogP contribution in [0.2, 0.25) is 0 Å². The van der Waals surface area contributed by atoms with Gasteiger partial charge < -0.3 is 19.5 Å². The minimum absolute atomic E-state index is 0.162. The average molecular weight is 485 g/mol. The zero-order valence-corrected chi connectivity index (χ0v) is 18.7.